The van der Waals surface area contributed by atoms with Crippen molar-refractivity contribution in [1.29, 1.82) is 0 Å². The molecule has 1 nitrogen and oxygen atoms in total. The highest BCUT2D eigenvalue weighted by Crippen LogP contribution is 2.25. The van der Waals surface area contributed by atoms with Gasteiger partial charge in [0.25, 0.3) is 0 Å². The summed E-state index contributed by atoms with van der Waals surface area (Å²) in [4.78, 5) is 0. The van der Waals surface area contributed by atoms with E-state index in [2.05, 4.69) is 36.5 Å². The van der Waals surface area contributed by atoms with Crippen molar-refractivity contribution in [2.45, 2.75) is 32.1 Å². The summed E-state index contributed by atoms with van der Waals surface area (Å²) in [6.45, 7) is 4.31. The van der Waals surface area contributed by atoms with Crippen molar-refractivity contribution in [2.24, 2.45) is 0 Å². The van der Waals surface area contributed by atoms with E-state index in [1.165, 1.54) is 24.0 Å². The lowest BCUT2D eigenvalue weighted by Gasteiger charge is -2.21. The monoisotopic (exact) mass is 188 g/mol. The standard InChI is InChI=1S/C13H18N/c1-2-11-3-5-12(6-4-11)13-7-9-14-10-8-13/h3-6,13H,2,7-10H2,1H3. The Morgan fingerprint density at radius 2 is 1.79 bits per heavy atom. The molecule has 1 radical (unpaired) electrons. The number of benzene rings is 1. The van der Waals surface area contributed by atoms with E-state index in [1.54, 1.807) is 0 Å². The van der Waals surface area contributed by atoms with Crippen LogP contribution in [-0.4, -0.2) is 13.1 Å². The quantitative estimate of drug-likeness (QED) is 0.677. The third-order valence-corrected chi connectivity index (χ3v) is 3.13. The van der Waals surface area contributed by atoms with E-state index in [0.29, 0.717) is 0 Å². The van der Waals surface area contributed by atoms with Gasteiger partial charge in [0.15, 0.2) is 0 Å². The van der Waals surface area contributed by atoms with Crippen LogP contribution in [0.15, 0.2) is 24.3 Å². The molecule has 0 spiro atoms. The summed E-state index contributed by atoms with van der Waals surface area (Å²) in [7, 11) is 0. The van der Waals surface area contributed by atoms with E-state index in [-0.39, 0.29) is 0 Å². The summed E-state index contributed by atoms with van der Waals surface area (Å²) in [6.07, 6.45) is 3.62. The van der Waals surface area contributed by atoms with Gasteiger partial charge < -0.3 is 0 Å². The Morgan fingerprint density at radius 1 is 1.14 bits per heavy atom. The zero-order valence-corrected chi connectivity index (χ0v) is 8.87. The highest BCUT2D eigenvalue weighted by atomic mass is 14.9. The number of hydrogen-bond acceptors (Lipinski definition) is 0. The van der Waals surface area contributed by atoms with Crippen molar-refractivity contribution >= 4 is 0 Å². The molecule has 1 heterocycles. The second-order valence-electron chi connectivity index (χ2n) is 4.04. The first-order valence-electron chi connectivity index (χ1n) is 5.62. The third kappa shape index (κ3) is 2.16. The molecule has 1 aromatic carbocycles. The lowest BCUT2D eigenvalue weighted by molar-refractivity contribution is 0.453. The van der Waals surface area contributed by atoms with Gasteiger partial charge in [-0.3, -0.25) is 0 Å². The van der Waals surface area contributed by atoms with E-state index < -0.39 is 0 Å². The zero-order valence-electron chi connectivity index (χ0n) is 8.87. The fourth-order valence-corrected chi connectivity index (χ4v) is 2.11. The van der Waals surface area contributed by atoms with Gasteiger partial charge in [0, 0.05) is 13.1 Å². The summed E-state index contributed by atoms with van der Waals surface area (Å²) in [6, 6.07) is 9.13. The molecule has 0 aliphatic carbocycles. The van der Waals surface area contributed by atoms with Crippen LogP contribution in [0.3, 0.4) is 0 Å². The Morgan fingerprint density at radius 3 is 2.36 bits per heavy atom. The van der Waals surface area contributed by atoms with Crippen LogP contribution in [0.25, 0.3) is 0 Å². The van der Waals surface area contributed by atoms with Crippen molar-refractivity contribution in [3.63, 3.8) is 0 Å². The van der Waals surface area contributed by atoms with Crippen LogP contribution in [0.4, 0.5) is 0 Å². The van der Waals surface area contributed by atoms with Crippen LogP contribution in [0.5, 0.6) is 0 Å². The SMILES string of the molecule is CCc1ccc(C2CC[N]CC2)cc1. The number of piperidine rings is 1. The number of rotatable bonds is 2. The largest absolute Gasteiger partial charge is 0.242 e. The number of nitrogens with zero attached hydrogens (tertiary/aromatic N) is 1. The Kier molecular flexibility index (Phi) is 3.20. The Balaban J connectivity index is 2.07. The predicted molar refractivity (Wildman–Crippen MR) is 59.7 cm³/mol. The van der Waals surface area contributed by atoms with Crippen molar-refractivity contribution in [3.8, 4) is 0 Å². The maximum absolute atomic E-state index is 4.39. The van der Waals surface area contributed by atoms with Gasteiger partial charge >= 0.3 is 0 Å². The van der Waals surface area contributed by atoms with Crippen LogP contribution >= 0.6 is 0 Å². The molecule has 1 fully saturated rings. The first-order valence-corrected chi connectivity index (χ1v) is 5.62. The maximum Gasteiger partial charge on any atom is 0.0139 e. The van der Waals surface area contributed by atoms with E-state index >= 15 is 0 Å². The fraction of sp³-hybridized carbons (Fsp3) is 0.538. The molecule has 1 aliphatic rings. The van der Waals surface area contributed by atoms with Gasteiger partial charge in [-0.1, -0.05) is 31.2 Å². The third-order valence-electron chi connectivity index (χ3n) is 3.13. The Hall–Kier alpha value is -0.820. The van der Waals surface area contributed by atoms with Crippen LogP contribution in [-0.2, 0) is 6.42 Å². The Bertz CT molecular complexity index is 270. The first-order chi connectivity index (χ1) is 6.90. The minimum absolute atomic E-state index is 0.762. The molecule has 0 saturated carbocycles. The first kappa shape index (κ1) is 9.72. The van der Waals surface area contributed by atoms with Crippen molar-refractivity contribution < 1.29 is 0 Å². The summed E-state index contributed by atoms with van der Waals surface area (Å²) < 4.78 is 0. The van der Waals surface area contributed by atoms with E-state index in [4.69, 9.17) is 0 Å². The lowest BCUT2D eigenvalue weighted by Crippen LogP contribution is -2.20. The topological polar surface area (TPSA) is 14.1 Å². The molecule has 0 unspecified atom stereocenters. The molecule has 1 aliphatic heterocycles. The van der Waals surface area contributed by atoms with Gasteiger partial charge in [0.1, 0.15) is 0 Å². The minimum Gasteiger partial charge on any atom is -0.242 e. The maximum atomic E-state index is 4.39. The summed E-state index contributed by atoms with van der Waals surface area (Å²) in [5.41, 5.74) is 2.95. The average Bonchev–Trinajstić information content (AvgIpc) is 2.30. The van der Waals surface area contributed by atoms with E-state index in [9.17, 15) is 0 Å². The summed E-state index contributed by atoms with van der Waals surface area (Å²) in [5.74, 6) is 0.762. The van der Waals surface area contributed by atoms with Crippen LogP contribution in [0, 0.1) is 0 Å². The molecule has 0 bridgehead atoms. The normalized spacial score (nSPS) is 18.4. The smallest absolute Gasteiger partial charge is 0.0139 e. The molecule has 1 saturated heterocycles. The highest BCUT2D eigenvalue weighted by molar-refractivity contribution is 5.25. The van der Waals surface area contributed by atoms with Gasteiger partial charge in [-0.15, -0.1) is 0 Å². The van der Waals surface area contributed by atoms with Gasteiger partial charge in [0.2, 0.25) is 0 Å². The lowest BCUT2D eigenvalue weighted by atomic mass is 9.90. The molecule has 0 atom stereocenters. The minimum atomic E-state index is 0.762. The van der Waals surface area contributed by atoms with Crippen molar-refractivity contribution in [2.75, 3.05) is 13.1 Å². The fourth-order valence-electron chi connectivity index (χ4n) is 2.11. The van der Waals surface area contributed by atoms with Crippen molar-refractivity contribution in [1.82, 2.24) is 5.32 Å². The van der Waals surface area contributed by atoms with E-state index in [1.807, 2.05) is 0 Å². The van der Waals surface area contributed by atoms with Gasteiger partial charge in [0.05, 0.1) is 0 Å². The molecular weight excluding hydrogens is 170 g/mol. The molecule has 2 rings (SSSR count). The van der Waals surface area contributed by atoms with E-state index in [0.717, 1.165) is 25.4 Å². The van der Waals surface area contributed by atoms with Gasteiger partial charge in [-0.2, -0.15) is 0 Å². The van der Waals surface area contributed by atoms with Gasteiger partial charge in [-0.05, 0) is 36.3 Å². The number of hydrogen-bond donors (Lipinski definition) is 0. The Labute approximate surface area is 86.5 Å². The summed E-state index contributed by atoms with van der Waals surface area (Å²) >= 11 is 0. The molecule has 0 aromatic heterocycles. The predicted octanol–water partition coefficient (Wildman–Crippen LogP) is 2.73. The zero-order chi connectivity index (χ0) is 9.80. The molecule has 0 amide bonds. The molecule has 1 heteroatoms. The molecular formula is C13H18N. The molecule has 0 N–H and O–H groups in total. The highest BCUT2D eigenvalue weighted by Gasteiger charge is 2.14. The second-order valence-corrected chi connectivity index (χ2v) is 4.04. The van der Waals surface area contributed by atoms with Crippen LogP contribution in [0.2, 0.25) is 0 Å². The molecule has 14 heavy (non-hydrogen) atoms. The van der Waals surface area contributed by atoms with Crippen LogP contribution < -0.4 is 5.32 Å². The number of aryl methyl sites for hydroxylation is 1. The summed E-state index contributed by atoms with van der Waals surface area (Å²) in [5, 5.41) is 4.39. The van der Waals surface area contributed by atoms with Crippen molar-refractivity contribution in [3.05, 3.63) is 35.4 Å². The molecule has 1 aromatic rings. The average molecular weight is 188 g/mol. The molecule has 75 valence electrons. The van der Waals surface area contributed by atoms with Gasteiger partial charge in [-0.25, -0.2) is 5.32 Å². The van der Waals surface area contributed by atoms with Crippen LogP contribution in [0.1, 0.15) is 36.8 Å². The second kappa shape index (κ2) is 4.61.